The van der Waals surface area contributed by atoms with E-state index in [0.29, 0.717) is 0 Å². The minimum absolute atomic E-state index is 0.0251. The summed E-state index contributed by atoms with van der Waals surface area (Å²) in [6.45, 7) is 7.54. The molecular weight excluding hydrogens is 162 g/mol. The molecule has 1 saturated carbocycles. The smallest absolute Gasteiger partial charge is 0.120 e. The zero-order valence-electron chi connectivity index (χ0n) is 9.02. The molecule has 0 bridgehead atoms. The van der Waals surface area contributed by atoms with E-state index in [0.717, 1.165) is 12.5 Å². The van der Waals surface area contributed by atoms with Crippen LogP contribution < -0.4 is 5.32 Å². The van der Waals surface area contributed by atoms with Gasteiger partial charge in [-0.3, -0.25) is 5.32 Å². The predicted octanol–water partition coefficient (Wildman–Crippen LogP) is 2.29. The molecule has 2 heteroatoms. The van der Waals surface area contributed by atoms with Crippen LogP contribution in [0, 0.1) is 5.92 Å². The van der Waals surface area contributed by atoms with Crippen LogP contribution in [0.2, 0.25) is 0 Å². The maximum atomic E-state index is 6.11. The van der Waals surface area contributed by atoms with Crippen molar-refractivity contribution in [3.8, 4) is 0 Å². The SMILES string of the molecule is CC1(C)CNC(C)(C2CCCC2)O1. The van der Waals surface area contributed by atoms with Crippen LogP contribution in [0.15, 0.2) is 0 Å². The van der Waals surface area contributed by atoms with Gasteiger partial charge in [0.25, 0.3) is 0 Å². The quantitative estimate of drug-likeness (QED) is 0.673. The van der Waals surface area contributed by atoms with E-state index in [1.807, 2.05) is 0 Å². The molecule has 0 spiro atoms. The number of hydrogen-bond acceptors (Lipinski definition) is 2. The molecule has 76 valence electrons. The zero-order chi connectivity index (χ0) is 9.53. The second-order valence-electron chi connectivity index (χ2n) is 5.30. The summed E-state index contributed by atoms with van der Waals surface area (Å²) in [5.41, 5.74) is -0.0165. The summed E-state index contributed by atoms with van der Waals surface area (Å²) >= 11 is 0. The average Bonchev–Trinajstić information content (AvgIpc) is 2.58. The fourth-order valence-electron chi connectivity index (χ4n) is 2.74. The molecule has 0 amide bonds. The maximum absolute atomic E-state index is 6.11. The van der Waals surface area contributed by atoms with Crippen molar-refractivity contribution < 1.29 is 4.74 Å². The minimum Gasteiger partial charge on any atom is -0.353 e. The van der Waals surface area contributed by atoms with Crippen LogP contribution in [-0.2, 0) is 4.74 Å². The van der Waals surface area contributed by atoms with Crippen LogP contribution in [0.4, 0.5) is 0 Å². The molecule has 2 nitrogen and oxygen atoms in total. The standard InChI is InChI=1S/C11H21NO/c1-10(2)8-12-11(3,13-10)9-6-4-5-7-9/h9,12H,4-8H2,1-3H3. The van der Waals surface area contributed by atoms with Gasteiger partial charge in [0.1, 0.15) is 5.72 Å². The van der Waals surface area contributed by atoms with Crippen LogP contribution >= 0.6 is 0 Å². The monoisotopic (exact) mass is 183 g/mol. The van der Waals surface area contributed by atoms with Crippen LogP contribution in [0.25, 0.3) is 0 Å². The Kier molecular flexibility index (Phi) is 2.16. The molecule has 1 unspecified atom stereocenters. The largest absolute Gasteiger partial charge is 0.353 e. The van der Waals surface area contributed by atoms with Crippen molar-refractivity contribution in [2.24, 2.45) is 5.92 Å². The van der Waals surface area contributed by atoms with E-state index in [9.17, 15) is 0 Å². The summed E-state index contributed by atoms with van der Waals surface area (Å²) < 4.78 is 6.11. The third kappa shape index (κ3) is 1.75. The Morgan fingerprint density at radius 2 is 1.77 bits per heavy atom. The van der Waals surface area contributed by atoms with Gasteiger partial charge in [-0.05, 0) is 33.6 Å². The summed E-state index contributed by atoms with van der Waals surface area (Å²) in [7, 11) is 0. The van der Waals surface area contributed by atoms with Crippen LogP contribution in [-0.4, -0.2) is 17.9 Å². The molecule has 0 aromatic rings. The highest BCUT2D eigenvalue weighted by Crippen LogP contribution is 2.39. The third-order valence-corrected chi connectivity index (χ3v) is 3.49. The lowest BCUT2D eigenvalue weighted by molar-refractivity contribution is -0.111. The molecule has 1 aliphatic carbocycles. The van der Waals surface area contributed by atoms with Crippen molar-refractivity contribution in [3.63, 3.8) is 0 Å². The van der Waals surface area contributed by atoms with Gasteiger partial charge in [-0.25, -0.2) is 0 Å². The number of rotatable bonds is 1. The van der Waals surface area contributed by atoms with Gasteiger partial charge in [0, 0.05) is 12.5 Å². The summed E-state index contributed by atoms with van der Waals surface area (Å²) in [6.07, 6.45) is 5.43. The van der Waals surface area contributed by atoms with Crippen molar-refractivity contribution >= 4 is 0 Å². The van der Waals surface area contributed by atoms with Gasteiger partial charge in [-0.15, -0.1) is 0 Å². The minimum atomic E-state index is -0.0417. The van der Waals surface area contributed by atoms with E-state index in [-0.39, 0.29) is 11.3 Å². The van der Waals surface area contributed by atoms with Gasteiger partial charge in [-0.2, -0.15) is 0 Å². The summed E-state index contributed by atoms with van der Waals surface area (Å²) in [5.74, 6) is 0.731. The van der Waals surface area contributed by atoms with E-state index in [2.05, 4.69) is 26.1 Å². The van der Waals surface area contributed by atoms with Crippen LogP contribution in [0.3, 0.4) is 0 Å². The summed E-state index contributed by atoms with van der Waals surface area (Å²) in [4.78, 5) is 0. The lowest BCUT2D eigenvalue weighted by atomic mass is 9.96. The number of hydrogen-bond donors (Lipinski definition) is 1. The number of ether oxygens (including phenoxy) is 1. The topological polar surface area (TPSA) is 21.3 Å². The van der Waals surface area contributed by atoms with Gasteiger partial charge < -0.3 is 4.74 Å². The molecule has 0 radical (unpaired) electrons. The van der Waals surface area contributed by atoms with Gasteiger partial charge in [-0.1, -0.05) is 12.8 Å². The maximum Gasteiger partial charge on any atom is 0.120 e. The first-order valence-electron chi connectivity index (χ1n) is 5.47. The first-order chi connectivity index (χ1) is 6.02. The molecule has 0 aromatic heterocycles. The normalized spacial score (nSPS) is 39.9. The van der Waals surface area contributed by atoms with Crippen molar-refractivity contribution in [2.75, 3.05) is 6.54 Å². The highest BCUT2D eigenvalue weighted by Gasteiger charge is 2.46. The second kappa shape index (κ2) is 2.96. The van der Waals surface area contributed by atoms with Crippen LogP contribution in [0.1, 0.15) is 46.5 Å². The van der Waals surface area contributed by atoms with Gasteiger partial charge in [0.2, 0.25) is 0 Å². The molecule has 1 heterocycles. The van der Waals surface area contributed by atoms with E-state index >= 15 is 0 Å². The average molecular weight is 183 g/mol. The zero-order valence-corrected chi connectivity index (χ0v) is 9.02. The van der Waals surface area contributed by atoms with Gasteiger partial charge in [0.05, 0.1) is 5.60 Å². The van der Waals surface area contributed by atoms with E-state index in [1.165, 1.54) is 25.7 Å². The molecule has 1 N–H and O–H groups in total. The first kappa shape index (κ1) is 9.47. The lowest BCUT2D eigenvalue weighted by Gasteiger charge is -2.32. The molecule has 2 fully saturated rings. The highest BCUT2D eigenvalue weighted by molar-refractivity contribution is 4.95. The molecule has 1 saturated heterocycles. The van der Waals surface area contributed by atoms with Gasteiger partial charge in [0.15, 0.2) is 0 Å². The Bertz CT molecular complexity index is 196. The predicted molar refractivity (Wildman–Crippen MR) is 53.5 cm³/mol. The number of nitrogens with one attached hydrogen (secondary N) is 1. The van der Waals surface area contributed by atoms with E-state index in [1.54, 1.807) is 0 Å². The second-order valence-corrected chi connectivity index (χ2v) is 5.30. The molecule has 0 aromatic carbocycles. The molecule has 13 heavy (non-hydrogen) atoms. The Hall–Kier alpha value is -0.0800. The summed E-state index contributed by atoms with van der Waals surface area (Å²) in [6, 6.07) is 0. The fraction of sp³-hybridized carbons (Fsp3) is 1.00. The first-order valence-corrected chi connectivity index (χ1v) is 5.47. The third-order valence-electron chi connectivity index (χ3n) is 3.49. The molecular formula is C11H21NO. The van der Waals surface area contributed by atoms with Crippen molar-refractivity contribution in [2.45, 2.75) is 57.8 Å². The summed E-state index contributed by atoms with van der Waals surface area (Å²) in [5, 5.41) is 3.54. The molecule has 2 rings (SSSR count). The van der Waals surface area contributed by atoms with Crippen molar-refractivity contribution in [1.29, 1.82) is 0 Å². The molecule has 1 atom stereocenters. The fourth-order valence-corrected chi connectivity index (χ4v) is 2.74. The van der Waals surface area contributed by atoms with Crippen molar-refractivity contribution in [3.05, 3.63) is 0 Å². The van der Waals surface area contributed by atoms with Gasteiger partial charge >= 0.3 is 0 Å². The Labute approximate surface area is 81.0 Å². The molecule has 2 aliphatic rings. The van der Waals surface area contributed by atoms with E-state index < -0.39 is 0 Å². The van der Waals surface area contributed by atoms with Crippen LogP contribution in [0.5, 0.6) is 0 Å². The van der Waals surface area contributed by atoms with E-state index in [4.69, 9.17) is 4.74 Å². The Balaban J connectivity index is 2.05. The highest BCUT2D eigenvalue weighted by atomic mass is 16.5. The Morgan fingerprint density at radius 3 is 2.23 bits per heavy atom. The Morgan fingerprint density at radius 1 is 1.15 bits per heavy atom. The molecule has 1 aliphatic heterocycles. The van der Waals surface area contributed by atoms with Crippen molar-refractivity contribution in [1.82, 2.24) is 5.32 Å². The lowest BCUT2D eigenvalue weighted by Crippen LogP contribution is -2.44.